The Morgan fingerprint density at radius 3 is 3.00 bits per heavy atom. The van der Waals surface area contributed by atoms with Crippen LogP contribution in [0.25, 0.3) is 11.6 Å². The second-order valence-corrected chi connectivity index (χ2v) is 3.49. The molecule has 0 fully saturated rings. The Labute approximate surface area is 92.3 Å². The molecule has 0 unspecified atom stereocenters. The lowest BCUT2D eigenvalue weighted by molar-refractivity contribution is 0.512. The summed E-state index contributed by atoms with van der Waals surface area (Å²) >= 11 is 5.58. The van der Waals surface area contributed by atoms with Crippen LogP contribution < -0.4 is 0 Å². The summed E-state index contributed by atoms with van der Waals surface area (Å²) in [5.41, 5.74) is 1.74. The maximum Gasteiger partial charge on any atom is 0.266 e. The van der Waals surface area contributed by atoms with Crippen LogP contribution >= 0.6 is 11.6 Å². The van der Waals surface area contributed by atoms with Gasteiger partial charge in [-0.2, -0.15) is 0 Å². The highest BCUT2D eigenvalue weighted by molar-refractivity contribution is 6.17. The number of hydrogen-bond donors (Lipinski definition) is 0. The number of hydrogen-bond acceptors (Lipinski definition) is 4. The monoisotopic (exact) mass is 223 g/mol. The number of pyridine rings is 1. The Morgan fingerprint density at radius 2 is 2.27 bits per heavy atom. The zero-order valence-corrected chi connectivity index (χ0v) is 9.03. The number of nitrogens with zero attached hydrogens (tertiary/aromatic N) is 3. The molecular formula is C10H10ClN3O. The summed E-state index contributed by atoms with van der Waals surface area (Å²) in [5, 5.41) is 7.81. The second kappa shape index (κ2) is 4.40. The predicted octanol–water partition coefficient (Wildman–Crippen LogP) is 2.22. The molecule has 2 rings (SSSR count). The van der Waals surface area contributed by atoms with E-state index in [2.05, 4.69) is 15.2 Å². The van der Waals surface area contributed by atoms with E-state index in [1.54, 1.807) is 6.20 Å². The fraction of sp³-hybridized carbons (Fsp3) is 0.300. The molecule has 0 bridgehead atoms. The Balaban J connectivity index is 2.33. The van der Waals surface area contributed by atoms with E-state index in [0.29, 0.717) is 24.1 Å². The van der Waals surface area contributed by atoms with E-state index >= 15 is 0 Å². The molecule has 0 amide bonds. The third-order valence-electron chi connectivity index (χ3n) is 1.99. The molecule has 0 aliphatic rings. The summed E-state index contributed by atoms with van der Waals surface area (Å²) in [6, 6.07) is 3.82. The van der Waals surface area contributed by atoms with Gasteiger partial charge in [0, 0.05) is 18.5 Å². The van der Waals surface area contributed by atoms with Crippen LogP contribution in [0.5, 0.6) is 0 Å². The molecule has 0 saturated heterocycles. The molecule has 2 heterocycles. The van der Waals surface area contributed by atoms with Crippen molar-refractivity contribution < 1.29 is 4.42 Å². The molecule has 0 aromatic carbocycles. The summed E-state index contributed by atoms with van der Waals surface area (Å²) in [7, 11) is 0. The topological polar surface area (TPSA) is 51.8 Å². The number of aromatic nitrogens is 3. The van der Waals surface area contributed by atoms with Gasteiger partial charge in [-0.3, -0.25) is 4.98 Å². The highest BCUT2D eigenvalue weighted by Crippen LogP contribution is 2.18. The number of aryl methyl sites for hydroxylation is 2. The Morgan fingerprint density at radius 1 is 1.40 bits per heavy atom. The summed E-state index contributed by atoms with van der Waals surface area (Å²) in [5.74, 6) is 1.47. The molecule has 0 radical (unpaired) electrons. The van der Waals surface area contributed by atoms with Gasteiger partial charge in [-0.05, 0) is 18.6 Å². The van der Waals surface area contributed by atoms with Gasteiger partial charge in [0.15, 0.2) is 0 Å². The highest BCUT2D eigenvalue weighted by atomic mass is 35.5. The molecule has 2 aromatic heterocycles. The Kier molecular flexibility index (Phi) is 2.97. The van der Waals surface area contributed by atoms with Gasteiger partial charge in [-0.15, -0.1) is 21.8 Å². The van der Waals surface area contributed by atoms with Crippen molar-refractivity contribution in [1.82, 2.24) is 15.2 Å². The molecule has 0 spiro atoms. The van der Waals surface area contributed by atoms with E-state index in [0.717, 1.165) is 11.3 Å². The second-order valence-electron chi connectivity index (χ2n) is 3.11. The number of alkyl halides is 1. The van der Waals surface area contributed by atoms with E-state index in [1.165, 1.54) is 0 Å². The minimum atomic E-state index is 0.452. The SMILES string of the molecule is Cc1cccnc1-c1nnc(CCCl)o1. The van der Waals surface area contributed by atoms with Gasteiger partial charge < -0.3 is 4.42 Å². The Hall–Kier alpha value is -1.42. The molecule has 15 heavy (non-hydrogen) atoms. The summed E-state index contributed by atoms with van der Waals surface area (Å²) in [6.45, 7) is 1.95. The largest absolute Gasteiger partial charge is 0.419 e. The van der Waals surface area contributed by atoms with Crippen molar-refractivity contribution in [3.63, 3.8) is 0 Å². The van der Waals surface area contributed by atoms with Crippen LogP contribution in [0.15, 0.2) is 22.7 Å². The van der Waals surface area contributed by atoms with E-state index in [-0.39, 0.29) is 0 Å². The van der Waals surface area contributed by atoms with Crippen molar-refractivity contribution in [2.45, 2.75) is 13.3 Å². The molecule has 0 N–H and O–H groups in total. The van der Waals surface area contributed by atoms with Crippen molar-refractivity contribution in [2.75, 3.05) is 5.88 Å². The van der Waals surface area contributed by atoms with Crippen LogP contribution in [0.2, 0.25) is 0 Å². The van der Waals surface area contributed by atoms with Gasteiger partial charge in [0.2, 0.25) is 5.89 Å². The third-order valence-corrected chi connectivity index (χ3v) is 2.18. The minimum Gasteiger partial charge on any atom is -0.419 e. The van der Waals surface area contributed by atoms with Gasteiger partial charge in [-0.1, -0.05) is 6.07 Å². The van der Waals surface area contributed by atoms with Crippen LogP contribution in [-0.2, 0) is 6.42 Å². The molecule has 4 nitrogen and oxygen atoms in total. The predicted molar refractivity (Wildman–Crippen MR) is 56.7 cm³/mol. The standard InChI is InChI=1S/C10H10ClN3O/c1-7-3-2-6-12-9(7)10-14-13-8(15-10)4-5-11/h2-3,6H,4-5H2,1H3. The van der Waals surface area contributed by atoms with Gasteiger partial charge in [-0.25, -0.2) is 0 Å². The van der Waals surface area contributed by atoms with Crippen molar-refractivity contribution >= 4 is 11.6 Å². The van der Waals surface area contributed by atoms with Crippen molar-refractivity contribution in [3.8, 4) is 11.6 Å². The van der Waals surface area contributed by atoms with Crippen LogP contribution in [0.1, 0.15) is 11.5 Å². The summed E-state index contributed by atoms with van der Waals surface area (Å²) in [4.78, 5) is 4.19. The molecule has 2 aromatic rings. The van der Waals surface area contributed by atoms with Gasteiger partial charge in [0.05, 0.1) is 0 Å². The average molecular weight is 224 g/mol. The average Bonchev–Trinajstić information content (AvgIpc) is 2.68. The molecule has 5 heteroatoms. The van der Waals surface area contributed by atoms with Gasteiger partial charge in [0.25, 0.3) is 5.89 Å². The first-order valence-electron chi connectivity index (χ1n) is 4.61. The maximum atomic E-state index is 5.58. The molecule has 0 saturated carbocycles. The van der Waals surface area contributed by atoms with Crippen LogP contribution in [-0.4, -0.2) is 21.1 Å². The van der Waals surface area contributed by atoms with Gasteiger partial charge >= 0.3 is 0 Å². The molecule has 0 aliphatic heterocycles. The van der Waals surface area contributed by atoms with Crippen molar-refractivity contribution in [2.24, 2.45) is 0 Å². The van der Waals surface area contributed by atoms with E-state index < -0.39 is 0 Å². The van der Waals surface area contributed by atoms with E-state index in [4.69, 9.17) is 16.0 Å². The molecule has 78 valence electrons. The van der Waals surface area contributed by atoms with E-state index in [9.17, 15) is 0 Å². The number of rotatable bonds is 3. The first-order valence-corrected chi connectivity index (χ1v) is 5.15. The van der Waals surface area contributed by atoms with Crippen molar-refractivity contribution in [3.05, 3.63) is 29.8 Å². The normalized spacial score (nSPS) is 10.5. The summed E-state index contributed by atoms with van der Waals surface area (Å²) in [6.07, 6.45) is 2.29. The molecule has 0 atom stereocenters. The zero-order valence-electron chi connectivity index (χ0n) is 8.27. The maximum absolute atomic E-state index is 5.58. The third kappa shape index (κ3) is 2.15. The highest BCUT2D eigenvalue weighted by Gasteiger charge is 2.10. The van der Waals surface area contributed by atoms with Gasteiger partial charge in [0.1, 0.15) is 5.69 Å². The molecular weight excluding hydrogens is 214 g/mol. The quantitative estimate of drug-likeness (QED) is 0.749. The molecule has 0 aliphatic carbocycles. The van der Waals surface area contributed by atoms with Crippen LogP contribution in [0, 0.1) is 6.92 Å². The smallest absolute Gasteiger partial charge is 0.266 e. The fourth-order valence-corrected chi connectivity index (χ4v) is 1.40. The van der Waals surface area contributed by atoms with Crippen LogP contribution in [0.4, 0.5) is 0 Å². The first kappa shape index (κ1) is 10.1. The van der Waals surface area contributed by atoms with E-state index in [1.807, 2.05) is 19.1 Å². The lowest BCUT2D eigenvalue weighted by Gasteiger charge is -1.97. The van der Waals surface area contributed by atoms with Crippen LogP contribution in [0.3, 0.4) is 0 Å². The minimum absolute atomic E-state index is 0.452. The van der Waals surface area contributed by atoms with Crippen molar-refractivity contribution in [1.29, 1.82) is 0 Å². The zero-order chi connectivity index (χ0) is 10.7. The Bertz CT molecular complexity index is 455. The first-order chi connectivity index (χ1) is 7.31. The number of halogens is 1. The summed E-state index contributed by atoms with van der Waals surface area (Å²) < 4.78 is 5.42. The lowest BCUT2D eigenvalue weighted by atomic mass is 10.2. The fourth-order valence-electron chi connectivity index (χ4n) is 1.24. The lowest BCUT2D eigenvalue weighted by Crippen LogP contribution is -1.86.